The summed E-state index contributed by atoms with van der Waals surface area (Å²) in [5.41, 5.74) is 0. The highest BCUT2D eigenvalue weighted by molar-refractivity contribution is 7.88. The molecule has 24 heavy (non-hydrogen) atoms. The van der Waals surface area contributed by atoms with E-state index in [1.807, 2.05) is 0 Å². The van der Waals surface area contributed by atoms with Gasteiger partial charge in [-0.05, 0) is 32.1 Å². The molecule has 1 aromatic heterocycles. The molecule has 1 aromatic rings. The van der Waals surface area contributed by atoms with Crippen LogP contribution in [0.1, 0.15) is 38.5 Å². The first-order valence-electron chi connectivity index (χ1n) is 8.59. The van der Waals surface area contributed by atoms with Crippen molar-refractivity contribution >= 4 is 16.0 Å². The second-order valence-electron chi connectivity index (χ2n) is 6.65. The minimum Gasteiger partial charge on any atom is -0.481 e. The lowest BCUT2D eigenvalue weighted by molar-refractivity contribution is 0.164. The van der Waals surface area contributed by atoms with Crippen LogP contribution in [-0.4, -0.2) is 61.2 Å². The van der Waals surface area contributed by atoms with E-state index in [-0.39, 0.29) is 12.1 Å². The van der Waals surface area contributed by atoms with Crippen LogP contribution in [0.15, 0.2) is 12.3 Å². The largest absolute Gasteiger partial charge is 0.481 e. The number of hydrogen-bond acceptors (Lipinski definition) is 6. The minimum atomic E-state index is -3.17. The molecule has 3 rings (SSSR count). The summed E-state index contributed by atoms with van der Waals surface area (Å²) in [4.78, 5) is 10.9. The molecular formula is C16H26N4O3S. The van der Waals surface area contributed by atoms with Gasteiger partial charge in [-0.25, -0.2) is 13.4 Å². The van der Waals surface area contributed by atoms with E-state index in [0.29, 0.717) is 11.8 Å². The lowest BCUT2D eigenvalue weighted by Crippen LogP contribution is -2.49. The molecule has 7 nitrogen and oxygen atoms in total. The molecule has 1 saturated heterocycles. The summed E-state index contributed by atoms with van der Waals surface area (Å²) >= 11 is 0. The second kappa shape index (κ2) is 7.23. The van der Waals surface area contributed by atoms with Crippen molar-refractivity contribution in [2.75, 3.05) is 31.4 Å². The van der Waals surface area contributed by atoms with Crippen LogP contribution in [0, 0.1) is 0 Å². The summed E-state index contributed by atoms with van der Waals surface area (Å²) in [7, 11) is -1.58. The Morgan fingerprint density at radius 2 is 1.88 bits per heavy atom. The molecule has 2 heterocycles. The molecule has 2 aliphatic rings. The molecule has 8 heteroatoms. The van der Waals surface area contributed by atoms with Crippen molar-refractivity contribution in [3.05, 3.63) is 12.3 Å². The van der Waals surface area contributed by atoms with E-state index < -0.39 is 10.0 Å². The van der Waals surface area contributed by atoms with Crippen molar-refractivity contribution in [2.45, 2.75) is 50.6 Å². The molecule has 1 aliphatic heterocycles. The van der Waals surface area contributed by atoms with Gasteiger partial charge in [-0.2, -0.15) is 9.29 Å². The molecule has 0 N–H and O–H groups in total. The molecule has 134 valence electrons. The van der Waals surface area contributed by atoms with Crippen molar-refractivity contribution in [1.29, 1.82) is 0 Å². The predicted octanol–water partition coefficient (Wildman–Crippen LogP) is 1.66. The number of aromatic nitrogens is 2. The normalized spacial score (nSPS) is 23.0. The number of methoxy groups -OCH3 is 1. The fourth-order valence-corrected chi connectivity index (χ4v) is 5.12. The Balaban J connectivity index is 1.72. The highest BCUT2D eigenvalue weighted by Gasteiger charge is 2.37. The Bertz CT molecular complexity index is 663. The van der Waals surface area contributed by atoms with Crippen LogP contribution in [0.2, 0.25) is 0 Å². The Morgan fingerprint density at radius 3 is 2.50 bits per heavy atom. The quantitative estimate of drug-likeness (QED) is 0.800. The molecule has 1 unspecified atom stereocenters. The van der Waals surface area contributed by atoms with Gasteiger partial charge >= 0.3 is 0 Å². The van der Waals surface area contributed by atoms with E-state index >= 15 is 0 Å². The van der Waals surface area contributed by atoms with Crippen LogP contribution < -0.4 is 9.64 Å². The smallest absolute Gasteiger partial charge is 0.228 e. The van der Waals surface area contributed by atoms with Crippen LogP contribution in [-0.2, 0) is 10.0 Å². The molecule has 1 saturated carbocycles. The monoisotopic (exact) mass is 354 g/mol. The van der Waals surface area contributed by atoms with E-state index in [1.54, 1.807) is 23.7 Å². The number of ether oxygens (including phenoxy) is 1. The first-order valence-corrected chi connectivity index (χ1v) is 10.4. The van der Waals surface area contributed by atoms with Gasteiger partial charge in [-0.15, -0.1) is 0 Å². The highest BCUT2D eigenvalue weighted by atomic mass is 32.2. The summed E-state index contributed by atoms with van der Waals surface area (Å²) < 4.78 is 31.5. The summed E-state index contributed by atoms with van der Waals surface area (Å²) in [6, 6.07) is 2.01. The third-order valence-corrected chi connectivity index (χ3v) is 6.35. The van der Waals surface area contributed by atoms with E-state index in [0.717, 1.165) is 51.6 Å². The first-order chi connectivity index (χ1) is 11.5. The van der Waals surface area contributed by atoms with Gasteiger partial charge in [-0.1, -0.05) is 6.42 Å². The average Bonchev–Trinajstić information content (AvgIpc) is 2.75. The van der Waals surface area contributed by atoms with E-state index in [2.05, 4.69) is 14.9 Å². The maximum absolute atomic E-state index is 12.3. The molecule has 0 bridgehead atoms. The average molecular weight is 354 g/mol. The van der Waals surface area contributed by atoms with Gasteiger partial charge in [0.2, 0.25) is 21.9 Å². The molecule has 0 radical (unpaired) electrons. The van der Waals surface area contributed by atoms with Gasteiger partial charge < -0.3 is 9.64 Å². The van der Waals surface area contributed by atoms with Gasteiger partial charge in [-0.3, -0.25) is 0 Å². The SMILES string of the molecule is COc1ccnc(N2CCCC(N(C3CCC3)S(C)(=O)=O)CC2)n1. The van der Waals surface area contributed by atoms with Gasteiger partial charge in [0.05, 0.1) is 13.4 Å². The zero-order valence-corrected chi connectivity index (χ0v) is 15.2. The van der Waals surface area contributed by atoms with Crippen LogP contribution in [0.4, 0.5) is 5.95 Å². The summed E-state index contributed by atoms with van der Waals surface area (Å²) in [5.74, 6) is 1.21. The maximum Gasteiger partial charge on any atom is 0.228 e. The van der Waals surface area contributed by atoms with Crippen molar-refractivity contribution in [2.24, 2.45) is 0 Å². The molecule has 0 amide bonds. The number of rotatable bonds is 5. The van der Waals surface area contributed by atoms with Crippen LogP contribution >= 0.6 is 0 Å². The number of hydrogen-bond donors (Lipinski definition) is 0. The molecule has 0 aromatic carbocycles. The van der Waals surface area contributed by atoms with Crippen LogP contribution in [0.3, 0.4) is 0 Å². The van der Waals surface area contributed by atoms with Crippen LogP contribution in [0.25, 0.3) is 0 Å². The Hall–Kier alpha value is -1.41. The third kappa shape index (κ3) is 3.80. The van der Waals surface area contributed by atoms with E-state index in [1.165, 1.54) is 6.26 Å². The standard InChI is InChI=1S/C16H26N4O3S/c1-23-15-8-10-17-16(18-15)19-11-4-7-14(9-12-19)20(24(2,21)22)13-5-3-6-13/h8,10,13-14H,3-7,9,11-12H2,1-2H3. The van der Waals surface area contributed by atoms with Gasteiger partial charge in [0.25, 0.3) is 0 Å². The van der Waals surface area contributed by atoms with E-state index in [9.17, 15) is 8.42 Å². The lowest BCUT2D eigenvalue weighted by Gasteiger charge is -2.40. The number of sulfonamides is 1. The highest BCUT2D eigenvalue weighted by Crippen LogP contribution is 2.32. The van der Waals surface area contributed by atoms with Gasteiger partial charge in [0.15, 0.2) is 0 Å². The minimum absolute atomic E-state index is 0.0842. The molecule has 1 aliphatic carbocycles. The van der Waals surface area contributed by atoms with E-state index in [4.69, 9.17) is 4.74 Å². The Kier molecular flexibility index (Phi) is 5.24. The maximum atomic E-state index is 12.3. The molecule has 1 atom stereocenters. The Labute approximate surface area is 144 Å². The van der Waals surface area contributed by atoms with Crippen molar-refractivity contribution < 1.29 is 13.2 Å². The topological polar surface area (TPSA) is 75.6 Å². The summed E-state index contributed by atoms with van der Waals surface area (Å²) in [6.45, 7) is 1.60. The van der Waals surface area contributed by atoms with Gasteiger partial charge in [0.1, 0.15) is 0 Å². The van der Waals surface area contributed by atoms with Crippen molar-refractivity contribution in [1.82, 2.24) is 14.3 Å². The third-order valence-electron chi connectivity index (χ3n) is 4.98. The molecule has 2 fully saturated rings. The molecular weight excluding hydrogens is 328 g/mol. The zero-order valence-electron chi connectivity index (χ0n) is 14.4. The Morgan fingerprint density at radius 1 is 1.17 bits per heavy atom. The van der Waals surface area contributed by atoms with Crippen molar-refractivity contribution in [3.8, 4) is 5.88 Å². The van der Waals surface area contributed by atoms with Crippen molar-refractivity contribution in [3.63, 3.8) is 0 Å². The number of nitrogens with zero attached hydrogens (tertiary/aromatic N) is 4. The zero-order chi connectivity index (χ0) is 17.2. The fraction of sp³-hybridized carbons (Fsp3) is 0.750. The molecule has 0 spiro atoms. The van der Waals surface area contributed by atoms with Crippen LogP contribution in [0.5, 0.6) is 5.88 Å². The second-order valence-corrected chi connectivity index (χ2v) is 8.54. The van der Waals surface area contributed by atoms with Gasteiger partial charge in [0, 0.05) is 37.4 Å². The summed E-state index contributed by atoms with van der Waals surface area (Å²) in [5, 5.41) is 0. The lowest BCUT2D eigenvalue weighted by atomic mass is 9.91. The first kappa shape index (κ1) is 17.4. The predicted molar refractivity (Wildman–Crippen MR) is 92.8 cm³/mol. The fourth-order valence-electron chi connectivity index (χ4n) is 3.61. The number of anilines is 1. The summed E-state index contributed by atoms with van der Waals surface area (Å²) in [6.07, 6.45) is 8.80.